The number of fused-ring (bicyclic) bond motifs is 1. The lowest BCUT2D eigenvalue weighted by atomic mass is 10.2. The van der Waals surface area contributed by atoms with Crippen molar-refractivity contribution in [3.63, 3.8) is 0 Å². The van der Waals surface area contributed by atoms with E-state index in [-0.39, 0.29) is 17.8 Å². The van der Waals surface area contributed by atoms with E-state index in [9.17, 15) is 13.8 Å². The normalized spacial score (nSPS) is 15.6. The fraction of sp³-hybridized carbons (Fsp3) is 0.667. The highest BCUT2D eigenvalue weighted by Crippen LogP contribution is 2.29. The van der Waals surface area contributed by atoms with Crippen LogP contribution in [0.4, 0.5) is 9.93 Å². The summed E-state index contributed by atoms with van der Waals surface area (Å²) in [6, 6.07) is 0. The van der Waals surface area contributed by atoms with Crippen LogP contribution in [0.25, 0.3) is 0 Å². The van der Waals surface area contributed by atoms with E-state index < -0.39 is 16.4 Å². The Hall–Kier alpha value is -1.48. The zero-order valence-electron chi connectivity index (χ0n) is 14.4. The molecule has 2 amide bonds. The third kappa shape index (κ3) is 5.27. The minimum atomic E-state index is -1.15. The smallest absolute Gasteiger partial charge is 0.410 e. The number of aromatic nitrogens is 1. The van der Waals surface area contributed by atoms with Crippen molar-refractivity contribution >= 4 is 39.3 Å². The Kier molecular flexibility index (Phi) is 5.97. The van der Waals surface area contributed by atoms with Crippen LogP contribution >= 0.6 is 11.3 Å². The van der Waals surface area contributed by atoms with Gasteiger partial charge < -0.3 is 15.0 Å². The van der Waals surface area contributed by atoms with E-state index in [0.29, 0.717) is 30.4 Å². The fourth-order valence-corrected chi connectivity index (χ4v) is 3.74. The van der Waals surface area contributed by atoms with Crippen LogP contribution in [0, 0.1) is 0 Å². The molecule has 1 aromatic rings. The Morgan fingerprint density at radius 1 is 1.42 bits per heavy atom. The van der Waals surface area contributed by atoms with Crippen molar-refractivity contribution in [1.29, 1.82) is 0 Å². The molecule has 24 heavy (non-hydrogen) atoms. The van der Waals surface area contributed by atoms with E-state index in [1.165, 1.54) is 11.3 Å². The number of rotatable bonds is 4. The molecule has 9 heteroatoms. The maximum atomic E-state index is 12.1. The largest absolute Gasteiger partial charge is 0.444 e. The molecule has 2 heterocycles. The molecule has 0 spiro atoms. The molecule has 0 saturated heterocycles. The Bertz CT molecular complexity index is 652. The number of thiazole rings is 1. The second kappa shape index (κ2) is 7.60. The Morgan fingerprint density at radius 3 is 2.75 bits per heavy atom. The van der Waals surface area contributed by atoms with Crippen LogP contribution in [0.5, 0.6) is 0 Å². The number of carbonyl (C=O) groups is 2. The quantitative estimate of drug-likeness (QED) is 0.873. The number of nitrogens with zero attached hydrogens (tertiary/aromatic N) is 2. The molecule has 1 aliphatic heterocycles. The average molecular weight is 374 g/mol. The number of hydrogen-bond acceptors (Lipinski definition) is 6. The fourth-order valence-electron chi connectivity index (χ4n) is 2.13. The highest BCUT2D eigenvalue weighted by Gasteiger charge is 2.28. The number of hydrogen-bond donors (Lipinski definition) is 1. The van der Waals surface area contributed by atoms with E-state index >= 15 is 0 Å². The van der Waals surface area contributed by atoms with Crippen molar-refractivity contribution in [2.45, 2.75) is 46.3 Å². The SMILES string of the molecule is CCS(=O)CC(=O)Nc1nc2c(s1)CN(C(=O)OC(C)(C)C)CC2. The molecular formula is C15H23N3O4S2. The van der Waals surface area contributed by atoms with Gasteiger partial charge in [0.25, 0.3) is 0 Å². The van der Waals surface area contributed by atoms with Crippen molar-refractivity contribution < 1.29 is 18.5 Å². The molecule has 0 radical (unpaired) electrons. The monoisotopic (exact) mass is 373 g/mol. The first kappa shape index (κ1) is 18.9. The van der Waals surface area contributed by atoms with Crippen LogP contribution in [0.15, 0.2) is 0 Å². The van der Waals surface area contributed by atoms with Gasteiger partial charge in [-0.1, -0.05) is 18.3 Å². The van der Waals surface area contributed by atoms with Gasteiger partial charge in [-0.2, -0.15) is 0 Å². The Balaban J connectivity index is 1.98. The van der Waals surface area contributed by atoms with Gasteiger partial charge in [0.1, 0.15) is 11.4 Å². The Labute approximate surface area is 148 Å². The minimum Gasteiger partial charge on any atom is -0.444 e. The van der Waals surface area contributed by atoms with Crippen molar-refractivity contribution in [2.24, 2.45) is 0 Å². The highest BCUT2D eigenvalue weighted by atomic mass is 32.2. The summed E-state index contributed by atoms with van der Waals surface area (Å²) in [5.41, 5.74) is 0.366. The number of anilines is 1. The minimum absolute atomic E-state index is 0.0230. The van der Waals surface area contributed by atoms with Gasteiger partial charge >= 0.3 is 6.09 Å². The molecule has 0 fully saturated rings. The molecular weight excluding hydrogens is 350 g/mol. The van der Waals surface area contributed by atoms with Crippen LogP contribution in [0.1, 0.15) is 38.3 Å². The maximum Gasteiger partial charge on any atom is 0.410 e. The summed E-state index contributed by atoms with van der Waals surface area (Å²) in [7, 11) is -1.15. The summed E-state index contributed by atoms with van der Waals surface area (Å²) >= 11 is 1.35. The van der Waals surface area contributed by atoms with E-state index in [2.05, 4.69) is 10.3 Å². The predicted molar refractivity (Wildman–Crippen MR) is 94.6 cm³/mol. The summed E-state index contributed by atoms with van der Waals surface area (Å²) in [4.78, 5) is 30.9. The van der Waals surface area contributed by atoms with Gasteiger partial charge in [0.2, 0.25) is 5.91 Å². The standard InChI is InChI=1S/C15H23N3O4S2/c1-5-24(21)9-12(19)17-13-16-10-6-7-18(8-11(10)23-13)14(20)22-15(2,3)4/h5-9H2,1-4H3,(H,16,17,19). The van der Waals surface area contributed by atoms with Crippen molar-refractivity contribution in [3.8, 4) is 0 Å². The van der Waals surface area contributed by atoms with Crippen LogP contribution in [-0.4, -0.2) is 49.7 Å². The zero-order valence-corrected chi connectivity index (χ0v) is 16.0. The van der Waals surface area contributed by atoms with E-state index in [4.69, 9.17) is 4.74 Å². The molecule has 7 nitrogen and oxygen atoms in total. The summed E-state index contributed by atoms with van der Waals surface area (Å²) in [6.45, 7) is 8.25. The lowest BCUT2D eigenvalue weighted by Gasteiger charge is -2.29. The van der Waals surface area contributed by atoms with Gasteiger partial charge in [0, 0.05) is 34.4 Å². The van der Waals surface area contributed by atoms with Gasteiger partial charge in [0.15, 0.2) is 5.13 Å². The summed E-state index contributed by atoms with van der Waals surface area (Å²) in [5, 5.41) is 3.18. The second-order valence-corrected chi connectivity index (χ2v) is 9.29. The lowest BCUT2D eigenvalue weighted by molar-refractivity contribution is -0.113. The van der Waals surface area contributed by atoms with E-state index in [1.807, 2.05) is 20.8 Å². The molecule has 0 aromatic carbocycles. The molecule has 0 aliphatic carbocycles. The summed E-state index contributed by atoms with van der Waals surface area (Å²) in [6.07, 6.45) is 0.285. The van der Waals surface area contributed by atoms with Gasteiger partial charge in [-0.25, -0.2) is 9.78 Å². The van der Waals surface area contributed by atoms with E-state index in [0.717, 1.165) is 10.6 Å². The summed E-state index contributed by atoms with van der Waals surface area (Å²) in [5.74, 6) is 0.127. The number of amides is 2. The third-order valence-electron chi connectivity index (χ3n) is 3.24. The molecule has 1 atom stereocenters. The number of carbonyl (C=O) groups excluding carboxylic acids is 2. The van der Waals surface area contributed by atoms with Crippen LogP contribution in [0.3, 0.4) is 0 Å². The first-order valence-electron chi connectivity index (χ1n) is 7.79. The lowest BCUT2D eigenvalue weighted by Crippen LogP contribution is -2.39. The first-order chi connectivity index (χ1) is 11.2. The zero-order chi connectivity index (χ0) is 17.9. The van der Waals surface area contributed by atoms with Gasteiger partial charge in [-0.15, -0.1) is 0 Å². The molecule has 134 valence electrons. The predicted octanol–water partition coefficient (Wildman–Crippen LogP) is 2.14. The van der Waals surface area contributed by atoms with Gasteiger partial charge in [0.05, 0.1) is 12.2 Å². The molecule has 0 bridgehead atoms. The molecule has 0 saturated carbocycles. The average Bonchev–Trinajstić information content (AvgIpc) is 2.85. The molecule has 1 aliphatic rings. The highest BCUT2D eigenvalue weighted by molar-refractivity contribution is 7.85. The van der Waals surface area contributed by atoms with Crippen LogP contribution in [-0.2, 0) is 33.3 Å². The molecule has 2 rings (SSSR count). The first-order valence-corrected chi connectivity index (χ1v) is 10.1. The van der Waals surface area contributed by atoms with E-state index in [1.54, 1.807) is 11.8 Å². The van der Waals surface area contributed by atoms with Gasteiger partial charge in [-0.3, -0.25) is 9.00 Å². The molecule has 1 unspecified atom stereocenters. The third-order valence-corrected chi connectivity index (χ3v) is 5.47. The number of nitrogens with one attached hydrogen (secondary N) is 1. The summed E-state index contributed by atoms with van der Waals surface area (Å²) < 4.78 is 16.8. The van der Waals surface area contributed by atoms with Crippen molar-refractivity contribution in [3.05, 3.63) is 10.6 Å². The second-order valence-electron chi connectivity index (χ2n) is 6.46. The maximum absolute atomic E-state index is 12.1. The van der Waals surface area contributed by atoms with Gasteiger partial charge in [-0.05, 0) is 20.8 Å². The van der Waals surface area contributed by atoms with Crippen molar-refractivity contribution in [2.75, 3.05) is 23.4 Å². The molecule has 1 aromatic heterocycles. The van der Waals surface area contributed by atoms with Crippen molar-refractivity contribution in [1.82, 2.24) is 9.88 Å². The van der Waals surface area contributed by atoms with Crippen LogP contribution < -0.4 is 5.32 Å². The Morgan fingerprint density at radius 2 is 2.12 bits per heavy atom. The topological polar surface area (TPSA) is 88.6 Å². The number of ether oxygens (including phenoxy) is 1. The molecule has 1 N–H and O–H groups in total. The van der Waals surface area contributed by atoms with Crippen LogP contribution in [0.2, 0.25) is 0 Å².